The van der Waals surface area contributed by atoms with E-state index in [0.29, 0.717) is 24.1 Å². The van der Waals surface area contributed by atoms with Crippen molar-refractivity contribution in [2.75, 3.05) is 0 Å². The Morgan fingerprint density at radius 3 is 2.74 bits per heavy atom. The Bertz CT molecular complexity index is 423. The molecule has 1 heterocycles. The van der Waals surface area contributed by atoms with Crippen LogP contribution >= 0.6 is 11.8 Å². The summed E-state index contributed by atoms with van der Waals surface area (Å²) in [5, 5.41) is 13.0. The smallest absolute Gasteiger partial charge is 0.284 e. The molecule has 1 aromatic rings. The van der Waals surface area contributed by atoms with Crippen LogP contribution in [0.1, 0.15) is 31.8 Å². The van der Waals surface area contributed by atoms with Crippen LogP contribution in [0.25, 0.3) is 0 Å². The summed E-state index contributed by atoms with van der Waals surface area (Å²) in [5.41, 5.74) is -0.124. The first-order chi connectivity index (χ1) is 8.89. The summed E-state index contributed by atoms with van der Waals surface area (Å²) in [6.45, 7) is 4.59. The van der Waals surface area contributed by atoms with Gasteiger partial charge in [0.2, 0.25) is 0 Å². The van der Waals surface area contributed by atoms with Gasteiger partial charge >= 0.3 is 0 Å². The first-order valence-corrected chi connectivity index (χ1v) is 7.33. The molecule has 0 aliphatic heterocycles. The highest BCUT2D eigenvalue weighted by molar-refractivity contribution is 7.98. The first kappa shape index (κ1) is 14.8. The van der Waals surface area contributed by atoms with E-state index in [2.05, 4.69) is 5.32 Å². The van der Waals surface area contributed by atoms with Crippen molar-refractivity contribution in [3.05, 3.63) is 23.7 Å². The molecule has 2 unspecified atom stereocenters. The lowest BCUT2D eigenvalue weighted by Gasteiger charge is -2.49. The maximum Gasteiger partial charge on any atom is 0.284 e. The van der Waals surface area contributed by atoms with Gasteiger partial charge in [0.1, 0.15) is 11.5 Å². The van der Waals surface area contributed by atoms with Crippen LogP contribution in [-0.2, 0) is 12.3 Å². The predicted octanol–water partition coefficient (Wildman–Crippen LogP) is 2.98. The fourth-order valence-corrected chi connectivity index (χ4v) is 2.66. The zero-order chi connectivity index (χ0) is 14.0. The number of hydrogen-bond donors (Lipinski definition) is 2. The van der Waals surface area contributed by atoms with Crippen LogP contribution < -0.4 is 5.32 Å². The number of rotatable bonds is 6. The molecular formula is C13H19F2NO2S. The molecule has 2 atom stereocenters. The van der Waals surface area contributed by atoms with E-state index in [-0.39, 0.29) is 23.3 Å². The summed E-state index contributed by atoms with van der Waals surface area (Å²) in [5.74, 6) is -0.883. The summed E-state index contributed by atoms with van der Waals surface area (Å²) >= 11 is 0.557. The highest BCUT2D eigenvalue weighted by atomic mass is 32.2. The Kier molecular flexibility index (Phi) is 4.53. The first-order valence-electron chi connectivity index (χ1n) is 6.28. The summed E-state index contributed by atoms with van der Waals surface area (Å²) in [4.78, 5) is 0. The van der Waals surface area contributed by atoms with Crippen LogP contribution in [0, 0.1) is 5.41 Å². The zero-order valence-electron chi connectivity index (χ0n) is 11.0. The fourth-order valence-electron chi connectivity index (χ4n) is 2.21. The van der Waals surface area contributed by atoms with Gasteiger partial charge < -0.3 is 14.8 Å². The molecule has 19 heavy (non-hydrogen) atoms. The SMILES string of the molecule is CC1(C)C(O)CC1NCc1ccc(CSC(F)F)o1. The van der Waals surface area contributed by atoms with E-state index in [0.717, 1.165) is 12.2 Å². The summed E-state index contributed by atoms with van der Waals surface area (Å²) < 4.78 is 29.6. The van der Waals surface area contributed by atoms with Gasteiger partial charge in [-0.25, -0.2) is 0 Å². The van der Waals surface area contributed by atoms with Crippen molar-refractivity contribution < 1.29 is 18.3 Å². The average Bonchev–Trinajstić information content (AvgIpc) is 2.79. The Morgan fingerprint density at radius 2 is 2.16 bits per heavy atom. The van der Waals surface area contributed by atoms with Gasteiger partial charge in [-0.3, -0.25) is 0 Å². The van der Waals surface area contributed by atoms with Crippen molar-refractivity contribution in [3.8, 4) is 0 Å². The minimum absolute atomic E-state index is 0.124. The van der Waals surface area contributed by atoms with E-state index in [9.17, 15) is 13.9 Å². The zero-order valence-corrected chi connectivity index (χ0v) is 11.8. The second kappa shape index (κ2) is 5.81. The Hall–Kier alpha value is -0.590. The quantitative estimate of drug-likeness (QED) is 0.846. The van der Waals surface area contributed by atoms with Crippen LogP contribution in [0.5, 0.6) is 0 Å². The molecule has 3 nitrogen and oxygen atoms in total. The molecule has 0 spiro atoms. The van der Waals surface area contributed by atoms with Crippen molar-refractivity contribution in [2.45, 2.75) is 50.5 Å². The molecule has 6 heteroatoms. The Labute approximate surface area is 115 Å². The third kappa shape index (κ3) is 3.49. The van der Waals surface area contributed by atoms with Crippen LogP contribution in [0.2, 0.25) is 0 Å². The topological polar surface area (TPSA) is 45.4 Å². The van der Waals surface area contributed by atoms with Gasteiger partial charge in [0.15, 0.2) is 0 Å². The normalized spacial score (nSPS) is 25.6. The molecule has 0 bridgehead atoms. The monoisotopic (exact) mass is 291 g/mol. The molecule has 1 aliphatic rings. The number of aliphatic hydroxyl groups excluding tert-OH is 1. The molecule has 0 radical (unpaired) electrons. The lowest BCUT2D eigenvalue weighted by molar-refractivity contribution is -0.0734. The minimum atomic E-state index is -2.37. The van der Waals surface area contributed by atoms with Crippen LogP contribution in [0.4, 0.5) is 8.78 Å². The highest BCUT2D eigenvalue weighted by Crippen LogP contribution is 2.40. The number of thioether (sulfide) groups is 1. The molecular weight excluding hydrogens is 272 g/mol. The number of furan rings is 1. The largest absolute Gasteiger partial charge is 0.464 e. The second-order valence-electron chi connectivity index (χ2n) is 5.45. The van der Waals surface area contributed by atoms with Crippen molar-refractivity contribution in [3.63, 3.8) is 0 Å². The number of alkyl halides is 2. The lowest BCUT2D eigenvalue weighted by atomic mass is 9.64. The van der Waals surface area contributed by atoms with Crippen LogP contribution in [0.15, 0.2) is 16.5 Å². The van der Waals surface area contributed by atoms with E-state index < -0.39 is 5.76 Å². The van der Waals surface area contributed by atoms with Crippen LogP contribution in [-0.4, -0.2) is 23.0 Å². The van der Waals surface area contributed by atoms with Gasteiger partial charge in [-0.2, -0.15) is 8.78 Å². The number of aliphatic hydroxyl groups is 1. The molecule has 2 N–H and O–H groups in total. The van der Waals surface area contributed by atoms with E-state index in [1.807, 2.05) is 13.8 Å². The summed E-state index contributed by atoms with van der Waals surface area (Å²) in [6, 6.07) is 3.79. The molecule has 0 saturated heterocycles. The Morgan fingerprint density at radius 1 is 1.47 bits per heavy atom. The maximum atomic E-state index is 12.0. The third-order valence-corrected chi connectivity index (χ3v) is 4.51. The fraction of sp³-hybridized carbons (Fsp3) is 0.692. The standard InChI is InChI=1S/C13H19F2NO2S/c1-13(2)10(5-11(13)17)16-6-8-3-4-9(18-8)7-19-12(14)15/h3-4,10-12,16-17H,5-7H2,1-2H3. The van der Waals surface area contributed by atoms with E-state index in [1.54, 1.807) is 12.1 Å². The second-order valence-corrected chi connectivity index (χ2v) is 6.42. The average molecular weight is 291 g/mol. The minimum Gasteiger partial charge on any atom is -0.464 e. The van der Waals surface area contributed by atoms with Gasteiger partial charge in [0.25, 0.3) is 5.76 Å². The molecule has 108 valence electrons. The van der Waals surface area contributed by atoms with Gasteiger partial charge in [-0.1, -0.05) is 25.6 Å². The highest BCUT2D eigenvalue weighted by Gasteiger charge is 2.46. The molecule has 1 aliphatic carbocycles. The van der Waals surface area contributed by atoms with Gasteiger partial charge in [-0.05, 0) is 18.6 Å². The number of halogens is 2. The molecule has 2 rings (SSSR count). The molecule has 1 aromatic heterocycles. The summed E-state index contributed by atoms with van der Waals surface area (Å²) in [7, 11) is 0. The van der Waals surface area contributed by atoms with E-state index in [4.69, 9.17) is 4.42 Å². The number of hydrogen-bond acceptors (Lipinski definition) is 4. The summed E-state index contributed by atoms with van der Waals surface area (Å²) in [6.07, 6.45) is 0.474. The van der Waals surface area contributed by atoms with Crippen molar-refractivity contribution >= 4 is 11.8 Å². The van der Waals surface area contributed by atoms with Crippen molar-refractivity contribution in [2.24, 2.45) is 5.41 Å². The van der Waals surface area contributed by atoms with Gasteiger partial charge in [0.05, 0.1) is 18.4 Å². The molecule has 1 fully saturated rings. The number of nitrogens with one attached hydrogen (secondary N) is 1. The lowest BCUT2D eigenvalue weighted by Crippen LogP contribution is -2.59. The molecule has 1 saturated carbocycles. The van der Waals surface area contributed by atoms with E-state index in [1.165, 1.54) is 0 Å². The third-order valence-electron chi connectivity index (χ3n) is 3.81. The van der Waals surface area contributed by atoms with Gasteiger partial charge in [0, 0.05) is 11.5 Å². The molecule has 0 aromatic carbocycles. The Balaban J connectivity index is 1.78. The maximum absolute atomic E-state index is 12.0. The van der Waals surface area contributed by atoms with E-state index >= 15 is 0 Å². The van der Waals surface area contributed by atoms with Gasteiger partial charge in [-0.15, -0.1) is 0 Å². The van der Waals surface area contributed by atoms with Crippen LogP contribution in [0.3, 0.4) is 0 Å². The van der Waals surface area contributed by atoms with Crippen molar-refractivity contribution in [1.82, 2.24) is 5.32 Å². The van der Waals surface area contributed by atoms with Crippen molar-refractivity contribution in [1.29, 1.82) is 0 Å². The predicted molar refractivity (Wildman–Crippen MR) is 71.0 cm³/mol. The molecule has 0 amide bonds.